The number of fused-ring (bicyclic) bond motifs is 1. The van der Waals surface area contributed by atoms with Gasteiger partial charge in [-0.25, -0.2) is 0 Å². The number of hydrogen-bond acceptors (Lipinski definition) is 2. The fourth-order valence-electron chi connectivity index (χ4n) is 3.55. The van der Waals surface area contributed by atoms with Gasteiger partial charge in [0.05, 0.1) is 11.7 Å². The predicted octanol–water partition coefficient (Wildman–Crippen LogP) is 3.28. The first-order chi connectivity index (χ1) is 10.1. The monoisotopic (exact) mass is 283 g/mol. The van der Waals surface area contributed by atoms with Gasteiger partial charge in [0, 0.05) is 18.2 Å². The summed E-state index contributed by atoms with van der Waals surface area (Å²) in [7, 11) is 0. The van der Waals surface area contributed by atoms with Crippen molar-refractivity contribution in [2.45, 2.75) is 57.5 Å². The molecule has 3 rings (SSSR count). The highest BCUT2D eigenvalue weighted by molar-refractivity contribution is 5.36. The molecule has 0 spiro atoms. The molecule has 0 unspecified atom stereocenters. The molecular formula is C18H25N3. The highest BCUT2D eigenvalue weighted by Crippen LogP contribution is 2.30. The van der Waals surface area contributed by atoms with Crippen LogP contribution in [0.4, 0.5) is 0 Å². The minimum atomic E-state index is -0.170. The summed E-state index contributed by atoms with van der Waals surface area (Å²) in [4.78, 5) is 0. The summed E-state index contributed by atoms with van der Waals surface area (Å²) in [6.07, 6.45) is 7.13. The Kier molecular flexibility index (Phi) is 3.85. The summed E-state index contributed by atoms with van der Waals surface area (Å²) >= 11 is 0. The fourth-order valence-corrected chi connectivity index (χ4v) is 3.55. The van der Waals surface area contributed by atoms with E-state index in [1.165, 1.54) is 11.1 Å². The smallest absolute Gasteiger partial charge is 0.0643 e. The van der Waals surface area contributed by atoms with Gasteiger partial charge in [-0.05, 0) is 42.9 Å². The third-order valence-corrected chi connectivity index (χ3v) is 4.72. The van der Waals surface area contributed by atoms with E-state index >= 15 is 0 Å². The van der Waals surface area contributed by atoms with Crippen LogP contribution in [0, 0.1) is 0 Å². The van der Waals surface area contributed by atoms with Crippen LogP contribution in [-0.2, 0) is 19.3 Å². The van der Waals surface area contributed by atoms with Gasteiger partial charge in [0.1, 0.15) is 0 Å². The number of rotatable bonds is 5. The summed E-state index contributed by atoms with van der Waals surface area (Å²) in [6.45, 7) is 4.43. The van der Waals surface area contributed by atoms with Crippen LogP contribution in [-0.4, -0.2) is 15.3 Å². The molecule has 21 heavy (non-hydrogen) atoms. The summed E-state index contributed by atoms with van der Waals surface area (Å²) in [5, 5.41) is 4.76. The van der Waals surface area contributed by atoms with Gasteiger partial charge >= 0.3 is 0 Å². The van der Waals surface area contributed by atoms with Crippen LogP contribution in [0.3, 0.4) is 0 Å². The molecule has 1 aliphatic carbocycles. The average Bonchev–Trinajstić information content (AvgIpc) is 3.03. The minimum Gasteiger partial charge on any atom is -0.324 e. The zero-order valence-corrected chi connectivity index (χ0v) is 13.0. The van der Waals surface area contributed by atoms with Gasteiger partial charge < -0.3 is 5.73 Å². The Morgan fingerprint density at radius 1 is 1.14 bits per heavy atom. The Bertz CT molecular complexity index is 585. The lowest BCUT2D eigenvalue weighted by atomic mass is 9.91. The van der Waals surface area contributed by atoms with Crippen molar-refractivity contribution in [3.63, 3.8) is 0 Å². The number of aromatic nitrogens is 2. The molecule has 1 aromatic carbocycles. The lowest BCUT2D eigenvalue weighted by Gasteiger charge is -2.22. The van der Waals surface area contributed by atoms with E-state index in [1.807, 2.05) is 0 Å². The number of nitrogens with two attached hydrogens (primary N) is 1. The van der Waals surface area contributed by atoms with Crippen molar-refractivity contribution in [1.29, 1.82) is 0 Å². The maximum atomic E-state index is 6.64. The second kappa shape index (κ2) is 5.64. The Morgan fingerprint density at radius 3 is 2.33 bits per heavy atom. The average molecular weight is 283 g/mol. The maximum absolute atomic E-state index is 6.64. The molecule has 1 aliphatic rings. The first-order valence-corrected chi connectivity index (χ1v) is 8.03. The van der Waals surface area contributed by atoms with Crippen molar-refractivity contribution in [2.75, 3.05) is 0 Å². The Balaban J connectivity index is 1.73. The maximum Gasteiger partial charge on any atom is 0.0643 e. The van der Waals surface area contributed by atoms with E-state index in [0.717, 1.165) is 37.8 Å². The van der Waals surface area contributed by atoms with E-state index in [1.54, 1.807) is 0 Å². The van der Waals surface area contributed by atoms with Gasteiger partial charge in [-0.3, -0.25) is 4.68 Å². The molecule has 0 bridgehead atoms. The molecule has 1 heterocycles. The van der Waals surface area contributed by atoms with Crippen LogP contribution >= 0.6 is 0 Å². The molecule has 0 amide bonds. The largest absolute Gasteiger partial charge is 0.324 e. The molecule has 112 valence electrons. The van der Waals surface area contributed by atoms with Crippen LogP contribution in [0.1, 0.15) is 49.6 Å². The molecule has 1 aromatic heterocycles. The van der Waals surface area contributed by atoms with Crippen molar-refractivity contribution >= 4 is 0 Å². The van der Waals surface area contributed by atoms with E-state index in [2.05, 4.69) is 55.1 Å². The first kappa shape index (κ1) is 14.3. The van der Waals surface area contributed by atoms with E-state index in [-0.39, 0.29) is 5.54 Å². The van der Waals surface area contributed by atoms with Crippen molar-refractivity contribution < 1.29 is 0 Å². The van der Waals surface area contributed by atoms with Crippen LogP contribution in [0.25, 0.3) is 0 Å². The molecule has 3 nitrogen and oxygen atoms in total. The molecule has 0 saturated carbocycles. The molecule has 0 aliphatic heterocycles. The number of nitrogens with zero attached hydrogens (tertiary/aromatic N) is 2. The molecule has 0 radical (unpaired) electrons. The van der Waals surface area contributed by atoms with E-state index in [9.17, 15) is 0 Å². The SMILES string of the molecule is CCC(CC)n1ccc(CC2(N)Cc3ccccc3C2)n1. The van der Waals surface area contributed by atoms with E-state index in [4.69, 9.17) is 10.8 Å². The van der Waals surface area contributed by atoms with Crippen LogP contribution < -0.4 is 5.73 Å². The van der Waals surface area contributed by atoms with Crippen molar-refractivity contribution in [3.05, 3.63) is 53.3 Å². The van der Waals surface area contributed by atoms with Crippen LogP contribution in [0.2, 0.25) is 0 Å². The summed E-state index contributed by atoms with van der Waals surface area (Å²) < 4.78 is 2.11. The molecule has 2 aromatic rings. The summed E-state index contributed by atoms with van der Waals surface area (Å²) in [6, 6.07) is 11.3. The third-order valence-electron chi connectivity index (χ3n) is 4.72. The van der Waals surface area contributed by atoms with Gasteiger partial charge in [-0.15, -0.1) is 0 Å². The van der Waals surface area contributed by atoms with Gasteiger partial charge in [0.15, 0.2) is 0 Å². The zero-order valence-electron chi connectivity index (χ0n) is 13.0. The molecule has 0 fully saturated rings. The third kappa shape index (κ3) is 2.88. The lowest BCUT2D eigenvalue weighted by Crippen LogP contribution is -2.43. The molecule has 0 saturated heterocycles. The normalized spacial score (nSPS) is 16.4. The Hall–Kier alpha value is -1.61. The number of hydrogen-bond donors (Lipinski definition) is 1. The topological polar surface area (TPSA) is 43.8 Å². The number of benzene rings is 1. The van der Waals surface area contributed by atoms with Gasteiger partial charge in [0.2, 0.25) is 0 Å². The van der Waals surface area contributed by atoms with E-state index in [0.29, 0.717) is 6.04 Å². The molecular weight excluding hydrogens is 258 g/mol. The van der Waals surface area contributed by atoms with Crippen LogP contribution in [0.15, 0.2) is 36.5 Å². The molecule has 2 N–H and O–H groups in total. The van der Waals surface area contributed by atoms with E-state index < -0.39 is 0 Å². The first-order valence-electron chi connectivity index (χ1n) is 8.03. The van der Waals surface area contributed by atoms with Crippen molar-refractivity contribution in [1.82, 2.24) is 9.78 Å². The minimum absolute atomic E-state index is 0.170. The highest BCUT2D eigenvalue weighted by Gasteiger charge is 2.34. The zero-order chi connectivity index (χ0) is 14.9. The fraction of sp³-hybridized carbons (Fsp3) is 0.500. The highest BCUT2D eigenvalue weighted by atomic mass is 15.3. The Labute approximate surface area is 127 Å². The Morgan fingerprint density at radius 2 is 1.76 bits per heavy atom. The quantitative estimate of drug-likeness (QED) is 0.915. The predicted molar refractivity (Wildman–Crippen MR) is 86.3 cm³/mol. The molecule has 3 heteroatoms. The molecule has 0 atom stereocenters. The van der Waals surface area contributed by atoms with Crippen molar-refractivity contribution in [3.8, 4) is 0 Å². The van der Waals surface area contributed by atoms with Gasteiger partial charge in [-0.2, -0.15) is 5.10 Å². The van der Waals surface area contributed by atoms with Crippen molar-refractivity contribution in [2.24, 2.45) is 5.73 Å². The second-order valence-electron chi connectivity index (χ2n) is 6.42. The summed E-state index contributed by atoms with van der Waals surface area (Å²) in [5.74, 6) is 0. The van der Waals surface area contributed by atoms with Crippen LogP contribution in [0.5, 0.6) is 0 Å². The van der Waals surface area contributed by atoms with Gasteiger partial charge in [0.25, 0.3) is 0 Å². The lowest BCUT2D eigenvalue weighted by molar-refractivity contribution is 0.409. The standard InChI is InChI=1S/C18H25N3/c1-3-17(4-2)21-10-9-16(20-21)13-18(19)11-14-7-5-6-8-15(14)12-18/h5-10,17H,3-4,11-13,19H2,1-2H3. The summed E-state index contributed by atoms with van der Waals surface area (Å²) in [5.41, 5.74) is 10.4. The second-order valence-corrected chi connectivity index (χ2v) is 6.42. The van der Waals surface area contributed by atoms with Gasteiger partial charge in [-0.1, -0.05) is 38.1 Å².